The molecule has 2 rings (SSSR count). The number of hydrogen-bond acceptors (Lipinski definition) is 4. The lowest BCUT2D eigenvalue weighted by Crippen LogP contribution is -2.39. The second-order valence-electron chi connectivity index (χ2n) is 5.66. The normalized spacial score (nSPS) is 11.1. The summed E-state index contributed by atoms with van der Waals surface area (Å²) in [5.74, 6) is 0.930. The van der Waals surface area contributed by atoms with Crippen LogP contribution >= 0.6 is 47.1 Å². The number of rotatable bonds is 7. The Morgan fingerprint density at radius 1 is 1.32 bits per heavy atom. The maximum Gasteiger partial charge on any atom is 0.193 e. The monoisotopic (exact) mass is 490 g/mol. The first-order chi connectivity index (χ1) is 11.6. The van der Waals surface area contributed by atoms with E-state index in [1.807, 2.05) is 14.0 Å². The number of nitrogens with zero attached hydrogens (tertiary/aromatic N) is 3. The van der Waals surface area contributed by atoms with Crippen LogP contribution in [-0.4, -0.2) is 42.7 Å². The molecule has 0 amide bonds. The van der Waals surface area contributed by atoms with Crippen LogP contribution in [0.4, 0.5) is 0 Å². The smallest absolute Gasteiger partial charge is 0.193 e. The highest BCUT2D eigenvalue weighted by Gasteiger charge is 2.07. The molecule has 1 aromatic carbocycles. The Morgan fingerprint density at radius 3 is 2.60 bits per heavy atom. The minimum Gasteiger partial charge on any atom is -0.356 e. The van der Waals surface area contributed by atoms with Gasteiger partial charge in [-0.3, -0.25) is 4.99 Å². The van der Waals surface area contributed by atoms with Crippen molar-refractivity contribution in [3.8, 4) is 0 Å². The van der Waals surface area contributed by atoms with Crippen LogP contribution in [0.5, 0.6) is 0 Å². The van der Waals surface area contributed by atoms with Crippen molar-refractivity contribution in [1.82, 2.24) is 15.2 Å². The highest BCUT2D eigenvalue weighted by molar-refractivity contribution is 14.0. The summed E-state index contributed by atoms with van der Waals surface area (Å²) in [5.41, 5.74) is 2.41. The van der Waals surface area contributed by atoms with Gasteiger partial charge in [0, 0.05) is 49.6 Å². The molecule has 0 saturated heterocycles. The third kappa shape index (κ3) is 7.53. The minimum atomic E-state index is 0. The first kappa shape index (κ1) is 22.2. The molecule has 0 atom stereocenters. The topological polar surface area (TPSA) is 40.5 Å². The molecule has 1 aromatic heterocycles. The number of thiazole rings is 1. The van der Waals surface area contributed by atoms with Gasteiger partial charge in [0.15, 0.2) is 5.96 Å². The molecule has 25 heavy (non-hydrogen) atoms. The van der Waals surface area contributed by atoms with Gasteiger partial charge in [0.25, 0.3) is 0 Å². The summed E-state index contributed by atoms with van der Waals surface area (Å²) < 4.78 is 0. The van der Waals surface area contributed by atoms with Crippen LogP contribution in [-0.2, 0) is 13.0 Å². The zero-order valence-corrected chi connectivity index (χ0v) is 19.2. The van der Waals surface area contributed by atoms with Crippen molar-refractivity contribution in [2.45, 2.75) is 31.2 Å². The average molecular weight is 490 g/mol. The molecule has 138 valence electrons. The fourth-order valence-electron chi connectivity index (χ4n) is 2.42. The standard InChI is InChI=1S/C18H26N4S2.HI/c1-14-13-24-17(21-14)6-5-11-20-18(19-2)22(3)12-15-7-9-16(23-4)10-8-15;/h7-10,13H,5-6,11-12H2,1-4H3,(H,19,20);1H. The summed E-state index contributed by atoms with van der Waals surface area (Å²) >= 11 is 3.51. The van der Waals surface area contributed by atoms with Crippen molar-refractivity contribution in [1.29, 1.82) is 0 Å². The fraction of sp³-hybridized carbons (Fsp3) is 0.444. The van der Waals surface area contributed by atoms with E-state index in [1.165, 1.54) is 15.5 Å². The van der Waals surface area contributed by atoms with Gasteiger partial charge in [0.2, 0.25) is 0 Å². The molecular formula is C18H27IN4S2. The average Bonchev–Trinajstić information content (AvgIpc) is 3.01. The van der Waals surface area contributed by atoms with Crippen molar-refractivity contribution in [2.75, 3.05) is 26.9 Å². The molecule has 2 aromatic rings. The van der Waals surface area contributed by atoms with Gasteiger partial charge in [-0.2, -0.15) is 0 Å². The lowest BCUT2D eigenvalue weighted by atomic mass is 10.2. The molecule has 4 nitrogen and oxygen atoms in total. The van der Waals surface area contributed by atoms with Crippen molar-refractivity contribution in [3.05, 3.63) is 45.9 Å². The van der Waals surface area contributed by atoms with Crippen molar-refractivity contribution in [3.63, 3.8) is 0 Å². The number of aromatic nitrogens is 1. The van der Waals surface area contributed by atoms with Crippen molar-refractivity contribution >= 4 is 53.0 Å². The van der Waals surface area contributed by atoms with E-state index < -0.39 is 0 Å². The molecular weight excluding hydrogens is 463 g/mol. The highest BCUT2D eigenvalue weighted by Crippen LogP contribution is 2.15. The van der Waals surface area contributed by atoms with E-state index in [9.17, 15) is 0 Å². The van der Waals surface area contributed by atoms with Crippen LogP contribution in [0.3, 0.4) is 0 Å². The van der Waals surface area contributed by atoms with E-state index in [-0.39, 0.29) is 24.0 Å². The Labute approximate surface area is 176 Å². The van der Waals surface area contributed by atoms with Crippen LogP contribution in [0.15, 0.2) is 39.5 Å². The quantitative estimate of drug-likeness (QED) is 0.205. The predicted molar refractivity (Wildman–Crippen MR) is 122 cm³/mol. The number of halogens is 1. The molecule has 0 unspecified atom stereocenters. The van der Waals surface area contributed by atoms with E-state index in [1.54, 1.807) is 23.1 Å². The second-order valence-corrected chi connectivity index (χ2v) is 7.49. The first-order valence-electron chi connectivity index (χ1n) is 8.08. The molecule has 0 aliphatic rings. The Balaban J connectivity index is 0.00000312. The predicted octanol–water partition coefficient (Wildman–Crippen LogP) is 4.43. The lowest BCUT2D eigenvalue weighted by Gasteiger charge is -2.22. The summed E-state index contributed by atoms with van der Waals surface area (Å²) in [6.45, 7) is 3.79. The molecule has 0 bridgehead atoms. The summed E-state index contributed by atoms with van der Waals surface area (Å²) in [4.78, 5) is 12.3. The number of nitrogens with one attached hydrogen (secondary N) is 1. The Morgan fingerprint density at radius 2 is 2.04 bits per heavy atom. The number of guanidine groups is 1. The second kappa shape index (κ2) is 11.7. The zero-order valence-electron chi connectivity index (χ0n) is 15.3. The molecule has 1 heterocycles. The van der Waals surface area contributed by atoms with E-state index in [2.05, 4.69) is 63.1 Å². The fourth-order valence-corrected chi connectivity index (χ4v) is 3.65. The number of aliphatic imine (C=N–C) groups is 1. The summed E-state index contributed by atoms with van der Waals surface area (Å²) in [5, 5.41) is 6.76. The van der Waals surface area contributed by atoms with Gasteiger partial charge >= 0.3 is 0 Å². The van der Waals surface area contributed by atoms with Gasteiger partial charge in [0.1, 0.15) is 0 Å². The molecule has 0 aliphatic carbocycles. The van der Waals surface area contributed by atoms with Crippen molar-refractivity contribution < 1.29 is 0 Å². The number of hydrogen-bond donors (Lipinski definition) is 1. The maximum atomic E-state index is 4.50. The summed E-state index contributed by atoms with van der Waals surface area (Å²) in [7, 11) is 3.90. The van der Waals surface area contributed by atoms with Gasteiger partial charge in [-0.05, 0) is 37.3 Å². The number of aryl methyl sites for hydroxylation is 2. The van der Waals surface area contributed by atoms with Crippen LogP contribution in [0.1, 0.15) is 22.7 Å². The van der Waals surface area contributed by atoms with E-state index in [4.69, 9.17) is 0 Å². The Kier molecular flexibility index (Phi) is 10.4. The first-order valence-corrected chi connectivity index (χ1v) is 10.2. The molecule has 0 aliphatic heterocycles. The zero-order chi connectivity index (χ0) is 17.4. The van der Waals surface area contributed by atoms with E-state index >= 15 is 0 Å². The van der Waals surface area contributed by atoms with Gasteiger partial charge in [0.05, 0.1) is 5.01 Å². The van der Waals surface area contributed by atoms with Gasteiger partial charge < -0.3 is 10.2 Å². The number of thioether (sulfide) groups is 1. The maximum absolute atomic E-state index is 4.50. The van der Waals surface area contributed by atoms with E-state index in [0.717, 1.165) is 37.6 Å². The van der Waals surface area contributed by atoms with Gasteiger partial charge in [-0.25, -0.2) is 4.98 Å². The highest BCUT2D eigenvalue weighted by atomic mass is 127. The molecule has 0 saturated carbocycles. The molecule has 0 radical (unpaired) electrons. The third-order valence-electron chi connectivity index (χ3n) is 3.67. The molecule has 1 N–H and O–H groups in total. The summed E-state index contributed by atoms with van der Waals surface area (Å²) in [6, 6.07) is 8.70. The van der Waals surface area contributed by atoms with Crippen LogP contribution in [0, 0.1) is 6.92 Å². The SMILES string of the molecule is CN=C(NCCCc1nc(C)cs1)N(C)Cc1ccc(SC)cc1.I. The van der Waals surface area contributed by atoms with Crippen LogP contribution < -0.4 is 5.32 Å². The molecule has 0 spiro atoms. The third-order valence-corrected chi connectivity index (χ3v) is 5.44. The minimum absolute atomic E-state index is 0. The van der Waals surface area contributed by atoms with Gasteiger partial charge in [-0.1, -0.05) is 12.1 Å². The van der Waals surface area contributed by atoms with Gasteiger partial charge in [-0.15, -0.1) is 47.1 Å². The lowest BCUT2D eigenvalue weighted by molar-refractivity contribution is 0.475. The molecule has 7 heteroatoms. The Bertz CT molecular complexity index is 655. The summed E-state index contributed by atoms with van der Waals surface area (Å²) in [6.07, 6.45) is 4.17. The largest absolute Gasteiger partial charge is 0.356 e. The number of benzene rings is 1. The Hall–Kier alpha value is -0.800. The van der Waals surface area contributed by atoms with Crippen molar-refractivity contribution in [2.24, 2.45) is 4.99 Å². The van der Waals surface area contributed by atoms with Crippen LogP contribution in [0.25, 0.3) is 0 Å². The molecule has 0 fully saturated rings. The van der Waals surface area contributed by atoms with Crippen LogP contribution in [0.2, 0.25) is 0 Å². The van der Waals surface area contributed by atoms with E-state index in [0.29, 0.717) is 0 Å².